The van der Waals surface area contributed by atoms with Crippen LogP contribution >= 0.6 is 27.5 Å². The fourth-order valence-electron chi connectivity index (χ4n) is 1.38. The van der Waals surface area contributed by atoms with E-state index in [0.29, 0.717) is 11.4 Å². The van der Waals surface area contributed by atoms with Crippen LogP contribution in [0, 0.1) is 5.82 Å². The standard InChI is InChI=1S/C12H9BrClFN2/c13-8-6-7(16)4-5-10(8)17-11-3-1-2-9(14)12(11)15/h1-6,17H,16H2. The smallest absolute Gasteiger partial charge is 0.165 e. The summed E-state index contributed by atoms with van der Waals surface area (Å²) in [6, 6.07) is 10.0. The van der Waals surface area contributed by atoms with Crippen LogP contribution in [0.25, 0.3) is 0 Å². The molecule has 17 heavy (non-hydrogen) atoms. The van der Waals surface area contributed by atoms with Crippen LogP contribution in [0.2, 0.25) is 5.02 Å². The maximum atomic E-state index is 13.7. The lowest BCUT2D eigenvalue weighted by atomic mass is 10.2. The average molecular weight is 316 g/mol. The molecular weight excluding hydrogens is 307 g/mol. The Hall–Kier alpha value is -1.26. The van der Waals surface area contributed by atoms with Crippen molar-refractivity contribution in [2.75, 3.05) is 11.1 Å². The second-order valence-corrected chi connectivity index (χ2v) is 4.73. The molecule has 0 fully saturated rings. The molecule has 0 aliphatic heterocycles. The highest BCUT2D eigenvalue weighted by Crippen LogP contribution is 2.30. The minimum absolute atomic E-state index is 0.0848. The molecule has 3 N–H and O–H groups in total. The van der Waals surface area contributed by atoms with Crippen LogP contribution in [0.3, 0.4) is 0 Å². The Morgan fingerprint density at radius 2 is 1.94 bits per heavy atom. The fraction of sp³-hybridized carbons (Fsp3) is 0. The maximum absolute atomic E-state index is 13.7. The van der Waals surface area contributed by atoms with Crippen LogP contribution in [0.1, 0.15) is 0 Å². The number of nitrogens with two attached hydrogens (primary N) is 1. The molecule has 0 bridgehead atoms. The highest BCUT2D eigenvalue weighted by molar-refractivity contribution is 9.10. The molecule has 0 aliphatic rings. The van der Waals surface area contributed by atoms with Crippen molar-refractivity contribution < 1.29 is 4.39 Å². The third-order valence-electron chi connectivity index (χ3n) is 2.21. The summed E-state index contributed by atoms with van der Waals surface area (Å²) in [5.41, 5.74) is 7.30. The van der Waals surface area contributed by atoms with Crippen molar-refractivity contribution >= 4 is 44.6 Å². The van der Waals surface area contributed by atoms with Crippen molar-refractivity contribution in [2.45, 2.75) is 0 Å². The molecule has 2 aromatic rings. The zero-order chi connectivity index (χ0) is 12.4. The molecule has 0 amide bonds. The van der Waals surface area contributed by atoms with Crippen molar-refractivity contribution in [1.29, 1.82) is 0 Å². The van der Waals surface area contributed by atoms with E-state index in [9.17, 15) is 4.39 Å². The molecule has 0 radical (unpaired) electrons. The van der Waals surface area contributed by atoms with Crippen LogP contribution in [-0.4, -0.2) is 0 Å². The summed E-state index contributed by atoms with van der Waals surface area (Å²) in [4.78, 5) is 0. The van der Waals surface area contributed by atoms with Crippen LogP contribution in [0.5, 0.6) is 0 Å². The van der Waals surface area contributed by atoms with E-state index in [-0.39, 0.29) is 5.02 Å². The number of rotatable bonds is 2. The summed E-state index contributed by atoms with van der Waals surface area (Å²) in [5, 5.41) is 3.03. The van der Waals surface area contributed by atoms with Gasteiger partial charge in [0.05, 0.1) is 16.4 Å². The SMILES string of the molecule is Nc1ccc(Nc2cccc(Cl)c2F)c(Br)c1. The van der Waals surface area contributed by atoms with E-state index < -0.39 is 5.82 Å². The Morgan fingerprint density at radius 1 is 1.18 bits per heavy atom. The maximum Gasteiger partial charge on any atom is 0.165 e. The zero-order valence-electron chi connectivity index (χ0n) is 8.68. The first kappa shape index (κ1) is 12.2. The number of hydrogen-bond acceptors (Lipinski definition) is 2. The predicted molar refractivity (Wildman–Crippen MR) is 73.2 cm³/mol. The van der Waals surface area contributed by atoms with Crippen LogP contribution in [0.15, 0.2) is 40.9 Å². The number of anilines is 3. The van der Waals surface area contributed by atoms with Gasteiger partial charge in [-0.15, -0.1) is 0 Å². The molecule has 0 saturated carbocycles. The molecule has 0 aliphatic carbocycles. The molecular formula is C12H9BrClFN2. The predicted octanol–water partition coefficient (Wildman–Crippen LogP) is 4.57. The molecule has 0 saturated heterocycles. The van der Waals surface area contributed by atoms with E-state index in [4.69, 9.17) is 17.3 Å². The molecule has 2 rings (SSSR count). The average Bonchev–Trinajstić information content (AvgIpc) is 2.28. The van der Waals surface area contributed by atoms with E-state index in [0.717, 1.165) is 10.2 Å². The van der Waals surface area contributed by atoms with Gasteiger partial charge in [-0.1, -0.05) is 17.7 Å². The quantitative estimate of drug-likeness (QED) is 0.797. The molecule has 2 nitrogen and oxygen atoms in total. The molecule has 0 aromatic heterocycles. The van der Waals surface area contributed by atoms with Gasteiger partial charge in [-0.3, -0.25) is 0 Å². The van der Waals surface area contributed by atoms with Crippen molar-refractivity contribution in [2.24, 2.45) is 0 Å². The monoisotopic (exact) mass is 314 g/mol. The van der Waals surface area contributed by atoms with Gasteiger partial charge in [-0.2, -0.15) is 0 Å². The highest BCUT2D eigenvalue weighted by atomic mass is 79.9. The van der Waals surface area contributed by atoms with Gasteiger partial charge in [0.25, 0.3) is 0 Å². The lowest BCUT2D eigenvalue weighted by molar-refractivity contribution is 0.632. The zero-order valence-corrected chi connectivity index (χ0v) is 11.0. The number of nitrogens with one attached hydrogen (secondary N) is 1. The van der Waals surface area contributed by atoms with Gasteiger partial charge in [0.2, 0.25) is 0 Å². The van der Waals surface area contributed by atoms with E-state index in [1.54, 1.807) is 30.3 Å². The van der Waals surface area contributed by atoms with Crippen molar-refractivity contribution in [3.63, 3.8) is 0 Å². The normalized spacial score (nSPS) is 10.3. The Labute approximate surface area is 112 Å². The second kappa shape index (κ2) is 4.94. The minimum Gasteiger partial charge on any atom is -0.399 e. The van der Waals surface area contributed by atoms with Crippen LogP contribution < -0.4 is 11.1 Å². The van der Waals surface area contributed by atoms with E-state index >= 15 is 0 Å². The van der Waals surface area contributed by atoms with E-state index in [1.165, 1.54) is 6.07 Å². The topological polar surface area (TPSA) is 38.0 Å². The number of hydrogen-bond donors (Lipinski definition) is 2. The van der Waals surface area contributed by atoms with E-state index in [1.807, 2.05) is 0 Å². The van der Waals surface area contributed by atoms with Gasteiger partial charge in [0.15, 0.2) is 5.82 Å². The van der Waals surface area contributed by atoms with Gasteiger partial charge in [-0.05, 0) is 46.3 Å². The van der Waals surface area contributed by atoms with Crippen molar-refractivity contribution in [3.8, 4) is 0 Å². The lowest BCUT2D eigenvalue weighted by Crippen LogP contribution is -1.96. The first-order valence-corrected chi connectivity index (χ1v) is 6.01. The van der Waals surface area contributed by atoms with Gasteiger partial charge in [0, 0.05) is 10.2 Å². The Balaban J connectivity index is 2.35. The van der Waals surface area contributed by atoms with Crippen LogP contribution in [0.4, 0.5) is 21.5 Å². The van der Waals surface area contributed by atoms with Gasteiger partial charge in [0.1, 0.15) is 0 Å². The van der Waals surface area contributed by atoms with Crippen molar-refractivity contribution in [1.82, 2.24) is 0 Å². The number of benzene rings is 2. The van der Waals surface area contributed by atoms with E-state index in [2.05, 4.69) is 21.2 Å². The summed E-state index contributed by atoms with van der Waals surface area (Å²) >= 11 is 9.05. The summed E-state index contributed by atoms with van der Waals surface area (Å²) in [6.45, 7) is 0. The number of nitrogen functional groups attached to an aromatic ring is 1. The molecule has 2 aromatic carbocycles. The molecule has 0 atom stereocenters. The summed E-state index contributed by atoms with van der Waals surface area (Å²) in [5.74, 6) is -0.474. The number of halogens is 3. The second-order valence-electron chi connectivity index (χ2n) is 3.47. The van der Waals surface area contributed by atoms with Gasteiger partial charge < -0.3 is 11.1 Å². The summed E-state index contributed by atoms with van der Waals surface area (Å²) in [7, 11) is 0. The molecule has 0 heterocycles. The highest BCUT2D eigenvalue weighted by Gasteiger charge is 2.07. The first-order chi connectivity index (χ1) is 8.08. The Kier molecular flexibility index (Phi) is 3.54. The van der Waals surface area contributed by atoms with Gasteiger partial charge in [-0.25, -0.2) is 4.39 Å². The third kappa shape index (κ3) is 2.70. The van der Waals surface area contributed by atoms with Crippen LogP contribution in [-0.2, 0) is 0 Å². The van der Waals surface area contributed by atoms with Gasteiger partial charge >= 0.3 is 0 Å². The Bertz CT molecular complexity index is 560. The minimum atomic E-state index is -0.474. The first-order valence-electron chi connectivity index (χ1n) is 4.84. The molecule has 88 valence electrons. The lowest BCUT2D eigenvalue weighted by Gasteiger charge is -2.10. The molecule has 0 spiro atoms. The molecule has 5 heteroatoms. The summed E-state index contributed by atoms with van der Waals surface area (Å²) < 4.78 is 14.4. The molecule has 0 unspecified atom stereocenters. The van der Waals surface area contributed by atoms with Crippen molar-refractivity contribution in [3.05, 3.63) is 51.7 Å². The Morgan fingerprint density at radius 3 is 2.65 bits per heavy atom. The largest absolute Gasteiger partial charge is 0.399 e. The third-order valence-corrected chi connectivity index (χ3v) is 3.16. The fourth-order valence-corrected chi connectivity index (χ4v) is 2.05. The summed E-state index contributed by atoms with van der Waals surface area (Å²) in [6.07, 6.45) is 0.